The summed E-state index contributed by atoms with van der Waals surface area (Å²) in [7, 11) is 1.59. The summed E-state index contributed by atoms with van der Waals surface area (Å²) < 4.78 is 5.20. The predicted octanol–water partition coefficient (Wildman–Crippen LogP) is 2.51. The van der Waals surface area contributed by atoms with Crippen molar-refractivity contribution in [3.63, 3.8) is 0 Å². The molecule has 1 amide bonds. The van der Waals surface area contributed by atoms with E-state index in [0.717, 1.165) is 5.56 Å². The number of amides is 1. The summed E-state index contributed by atoms with van der Waals surface area (Å²) in [5.74, 6) is 0.696. The minimum atomic E-state index is -0.0191. The van der Waals surface area contributed by atoms with Gasteiger partial charge in [-0.05, 0) is 31.5 Å². The van der Waals surface area contributed by atoms with E-state index in [0.29, 0.717) is 30.2 Å². The number of halogens is 2. The summed E-state index contributed by atoms with van der Waals surface area (Å²) in [5.41, 5.74) is 6.46. The molecular formula is C13H20Cl2N2O2. The van der Waals surface area contributed by atoms with Gasteiger partial charge in [-0.15, -0.1) is 12.4 Å². The third kappa shape index (κ3) is 6.66. The number of nitrogens with one attached hydrogen (secondary N) is 1. The largest absolute Gasteiger partial charge is 0.496 e. The minimum absolute atomic E-state index is 0. The molecule has 0 aliphatic rings. The number of ether oxygens (including phenoxy) is 1. The van der Waals surface area contributed by atoms with Crippen LogP contribution in [0.1, 0.15) is 25.3 Å². The fraction of sp³-hybridized carbons (Fsp3) is 0.462. The Balaban J connectivity index is 0.00000324. The Morgan fingerprint density at radius 3 is 2.79 bits per heavy atom. The maximum Gasteiger partial charge on any atom is 0.220 e. The highest BCUT2D eigenvalue weighted by Gasteiger charge is 2.07. The normalized spacial score (nSPS) is 11.4. The van der Waals surface area contributed by atoms with E-state index in [-0.39, 0.29) is 24.4 Å². The highest BCUT2D eigenvalue weighted by atomic mass is 35.5. The topological polar surface area (TPSA) is 64.3 Å². The van der Waals surface area contributed by atoms with Gasteiger partial charge in [-0.3, -0.25) is 4.79 Å². The van der Waals surface area contributed by atoms with Gasteiger partial charge < -0.3 is 15.8 Å². The average Bonchev–Trinajstić information content (AvgIpc) is 2.34. The van der Waals surface area contributed by atoms with Gasteiger partial charge >= 0.3 is 0 Å². The smallest absolute Gasteiger partial charge is 0.220 e. The predicted molar refractivity (Wildman–Crippen MR) is 80.0 cm³/mol. The highest BCUT2D eigenvalue weighted by Crippen LogP contribution is 2.22. The molecule has 0 aliphatic heterocycles. The van der Waals surface area contributed by atoms with E-state index in [2.05, 4.69) is 5.32 Å². The Bertz CT molecular complexity index is 412. The molecule has 4 nitrogen and oxygen atoms in total. The van der Waals surface area contributed by atoms with Gasteiger partial charge in [0.2, 0.25) is 5.91 Å². The Hall–Kier alpha value is -0.970. The van der Waals surface area contributed by atoms with E-state index >= 15 is 0 Å². The third-order valence-electron chi connectivity index (χ3n) is 2.55. The van der Waals surface area contributed by atoms with Crippen molar-refractivity contribution in [2.45, 2.75) is 32.4 Å². The van der Waals surface area contributed by atoms with Crippen LogP contribution in [0.5, 0.6) is 5.75 Å². The zero-order valence-electron chi connectivity index (χ0n) is 11.1. The van der Waals surface area contributed by atoms with Crippen LogP contribution in [-0.2, 0) is 11.3 Å². The zero-order chi connectivity index (χ0) is 13.5. The first kappa shape index (κ1) is 18.0. The van der Waals surface area contributed by atoms with Gasteiger partial charge in [-0.2, -0.15) is 0 Å². The first-order valence-corrected chi connectivity index (χ1v) is 6.25. The second kappa shape index (κ2) is 9.02. The Morgan fingerprint density at radius 2 is 2.21 bits per heavy atom. The molecule has 0 bridgehead atoms. The summed E-state index contributed by atoms with van der Waals surface area (Å²) in [4.78, 5) is 11.6. The molecule has 0 aromatic heterocycles. The van der Waals surface area contributed by atoms with Gasteiger partial charge in [0.05, 0.1) is 7.11 Å². The summed E-state index contributed by atoms with van der Waals surface area (Å²) in [6.45, 7) is 2.29. The first-order valence-electron chi connectivity index (χ1n) is 5.87. The third-order valence-corrected chi connectivity index (χ3v) is 2.78. The van der Waals surface area contributed by atoms with Crippen LogP contribution in [0, 0.1) is 0 Å². The monoisotopic (exact) mass is 306 g/mol. The number of hydrogen-bond donors (Lipinski definition) is 2. The first-order chi connectivity index (χ1) is 8.52. The van der Waals surface area contributed by atoms with Crippen LogP contribution in [-0.4, -0.2) is 19.1 Å². The van der Waals surface area contributed by atoms with Crippen molar-refractivity contribution < 1.29 is 9.53 Å². The molecule has 0 spiro atoms. The molecule has 1 aromatic rings. The molecule has 6 heteroatoms. The SMILES string of the molecule is COc1ccc(Cl)cc1CNC(=O)CCC(C)N.Cl. The van der Waals surface area contributed by atoms with Crippen LogP contribution < -0.4 is 15.8 Å². The lowest BCUT2D eigenvalue weighted by Crippen LogP contribution is -2.25. The molecule has 0 saturated carbocycles. The lowest BCUT2D eigenvalue weighted by molar-refractivity contribution is -0.121. The molecule has 0 heterocycles. The van der Waals surface area contributed by atoms with Gasteiger partial charge in [0.1, 0.15) is 5.75 Å². The molecule has 0 aliphatic carbocycles. The molecule has 0 radical (unpaired) electrons. The fourth-order valence-electron chi connectivity index (χ4n) is 1.53. The van der Waals surface area contributed by atoms with E-state index < -0.39 is 0 Å². The van der Waals surface area contributed by atoms with Crippen LogP contribution in [0.25, 0.3) is 0 Å². The van der Waals surface area contributed by atoms with Gasteiger partial charge in [0, 0.05) is 29.6 Å². The van der Waals surface area contributed by atoms with Crippen molar-refractivity contribution in [1.82, 2.24) is 5.32 Å². The number of nitrogens with two attached hydrogens (primary N) is 1. The van der Waals surface area contributed by atoms with Crippen LogP contribution >= 0.6 is 24.0 Å². The second-order valence-corrected chi connectivity index (χ2v) is 4.69. The van der Waals surface area contributed by atoms with Crippen molar-refractivity contribution >= 4 is 29.9 Å². The van der Waals surface area contributed by atoms with Crippen LogP contribution in [0.15, 0.2) is 18.2 Å². The molecule has 0 fully saturated rings. The summed E-state index contributed by atoms with van der Waals surface area (Å²) in [6.07, 6.45) is 1.11. The fourth-order valence-corrected chi connectivity index (χ4v) is 1.72. The molecule has 1 unspecified atom stereocenters. The molecule has 1 aromatic carbocycles. The Kier molecular flexibility index (Phi) is 8.56. The van der Waals surface area contributed by atoms with E-state index in [4.69, 9.17) is 22.1 Å². The maximum absolute atomic E-state index is 11.6. The molecule has 3 N–H and O–H groups in total. The lowest BCUT2D eigenvalue weighted by atomic mass is 10.1. The Morgan fingerprint density at radius 1 is 1.53 bits per heavy atom. The molecule has 1 atom stereocenters. The second-order valence-electron chi connectivity index (χ2n) is 4.25. The molecule has 0 saturated heterocycles. The average molecular weight is 307 g/mol. The molecular weight excluding hydrogens is 287 g/mol. The number of carbonyl (C=O) groups excluding carboxylic acids is 1. The highest BCUT2D eigenvalue weighted by molar-refractivity contribution is 6.30. The molecule has 108 valence electrons. The van der Waals surface area contributed by atoms with E-state index in [1.54, 1.807) is 25.3 Å². The number of hydrogen-bond acceptors (Lipinski definition) is 3. The Labute approximate surface area is 125 Å². The van der Waals surface area contributed by atoms with Crippen molar-refractivity contribution in [1.29, 1.82) is 0 Å². The molecule has 1 rings (SSSR count). The van der Waals surface area contributed by atoms with Crippen molar-refractivity contribution in [3.05, 3.63) is 28.8 Å². The van der Waals surface area contributed by atoms with Crippen molar-refractivity contribution in [2.24, 2.45) is 5.73 Å². The van der Waals surface area contributed by atoms with Crippen molar-refractivity contribution in [3.8, 4) is 5.75 Å². The van der Waals surface area contributed by atoms with Gasteiger partial charge in [0.25, 0.3) is 0 Å². The van der Waals surface area contributed by atoms with Gasteiger partial charge in [-0.1, -0.05) is 11.6 Å². The minimum Gasteiger partial charge on any atom is -0.496 e. The number of methoxy groups -OCH3 is 1. The quantitative estimate of drug-likeness (QED) is 0.849. The van der Waals surface area contributed by atoms with Crippen LogP contribution in [0.3, 0.4) is 0 Å². The summed E-state index contributed by atoms with van der Waals surface area (Å²) in [5, 5.41) is 3.44. The summed E-state index contributed by atoms with van der Waals surface area (Å²) in [6, 6.07) is 5.36. The van der Waals surface area contributed by atoms with Gasteiger partial charge in [0.15, 0.2) is 0 Å². The number of rotatable bonds is 6. The zero-order valence-corrected chi connectivity index (χ0v) is 12.7. The molecule has 19 heavy (non-hydrogen) atoms. The van der Waals surface area contributed by atoms with Gasteiger partial charge in [-0.25, -0.2) is 0 Å². The number of benzene rings is 1. The van der Waals surface area contributed by atoms with E-state index in [1.165, 1.54) is 0 Å². The standard InChI is InChI=1S/C13H19ClN2O2.ClH/c1-9(15)3-6-13(17)16-8-10-7-11(14)4-5-12(10)18-2;/h4-5,7,9H,3,6,8,15H2,1-2H3,(H,16,17);1H. The maximum atomic E-state index is 11.6. The number of carbonyl (C=O) groups is 1. The van der Waals surface area contributed by atoms with Crippen molar-refractivity contribution in [2.75, 3.05) is 7.11 Å². The van der Waals surface area contributed by atoms with E-state index in [1.807, 2.05) is 6.92 Å². The van der Waals surface area contributed by atoms with Crippen LogP contribution in [0.2, 0.25) is 5.02 Å². The van der Waals surface area contributed by atoms with E-state index in [9.17, 15) is 4.79 Å². The summed E-state index contributed by atoms with van der Waals surface area (Å²) >= 11 is 5.91. The van der Waals surface area contributed by atoms with Crippen LogP contribution in [0.4, 0.5) is 0 Å². The lowest BCUT2D eigenvalue weighted by Gasteiger charge is -2.10.